The maximum atomic E-state index is 12.6. The molecular formula is C28H26N8O6. The topological polar surface area (TPSA) is 166 Å². The first kappa shape index (κ1) is 27.9. The Balaban J connectivity index is 1.30. The van der Waals surface area contributed by atoms with E-state index in [9.17, 15) is 14.9 Å². The lowest BCUT2D eigenvalue weighted by Gasteiger charge is -2.27. The first-order valence-electron chi connectivity index (χ1n) is 12.8. The minimum absolute atomic E-state index is 0.0380. The fourth-order valence-electron chi connectivity index (χ4n) is 3.94. The van der Waals surface area contributed by atoms with Gasteiger partial charge in [0, 0.05) is 30.9 Å². The molecule has 2 heterocycles. The number of nitro benzene ring substituents is 1. The number of para-hydroxylation sites is 1. The molecule has 14 heteroatoms. The number of carbonyl (C=O) groups is 1. The molecule has 14 nitrogen and oxygen atoms in total. The molecule has 0 spiro atoms. The molecule has 4 aromatic rings. The van der Waals surface area contributed by atoms with Crippen LogP contribution in [0.1, 0.15) is 15.9 Å². The van der Waals surface area contributed by atoms with Gasteiger partial charge in [0.15, 0.2) is 11.5 Å². The second kappa shape index (κ2) is 13.1. The Morgan fingerprint density at radius 3 is 2.55 bits per heavy atom. The smallest absolute Gasteiger partial charge is 0.343 e. The zero-order chi connectivity index (χ0) is 29.3. The molecule has 5 rings (SSSR count). The van der Waals surface area contributed by atoms with Crippen LogP contribution in [0.15, 0.2) is 77.9 Å². The second-order valence-corrected chi connectivity index (χ2v) is 8.85. The van der Waals surface area contributed by atoms with Crippen molar-refractivity contribution in [3.05, 3.63) is 94.0 Å². The van der Waals surface area contributed by atoms with Crippen molar-refractivity contribution >= 4 is 41.4 Å². The van der Waals surface area contributed by atoms with Gasteiger partial charge in [-0.1, -0.05) is 24.3 Å². The van der Waals surface area contributed by atoms with Crippen LogP contribution in [-0.2, 0) is 4.74 Å². The highest BCUT2D eigenvalue weighted by Gasteiger charge is 2.18. The summed E-state index contributed by atoms with van der Waals surface area (Å²) in [6, 6.07) is 19.6. The van der Waals surface area contributed by atoms with Crippen molar-refractivity contribution in [2.75, 3.05) is 49.1 Å². The Labute approximate surface area is 240 Å². The number of nitrogens with one attached hydrogen (secondary N) is 2. The molecule has 0 atom stereocenters. The van der Waals surface area contributed by atoms with Gasteiger partial charge in [-0.15, -0.1) is 0 Å². The summed E-state index contributed by atoms with van der Waals surface area (Å²) in [7, 11) is 1.43. The number of hydrogen-bond acceptors (Lipinski definition) is 13. The van der Waals surface area contributed by atoms with E-state index in [4.69, 9.17) is 14.2 Å². The molecule has 0 saturated carbocycles. The zero-order valence-corrected chi connectivity index (χ0v) is 22.5. The molecule has 1 aliphatic heterocycles. The molecule has 42 heavy (non-hydrogen) atoms. The Kier molecular flexibility index (Phi) is 8.74. The fraction of sp³-hybridized carbons (Fsp3) is 0.179. The fourth-order valence-corrected chi connectivity index (χ4v) is 3.94. The van der Waals surface area contributed by atoms with Gasteiger partial charge < -0.3 is 24.4 Å². The third-order valence-electron chi connectivity index (χ3n) is 6.01. The molecule has 1 aromatic heterocycles. The number of methoxy groups -OCH3 is 1. The van der Waals surface area contributed by atoms with Crippen LogP contribution in [0.5, 0.6) is 11.5 Å². The van der Waals surface area contributed by atoms with Gasteiger partial charge in [0.1, 0.15) is 0 Å². The predicted molar refractivity (Wildman–Crippen MR) is 155 cm³/mol. The van der Waals surface area contributed by atoms with Gasteiger partial charge in [-0.2, -0.15) is 20.1 Å². The van der Waals surface area contributed by atoms with Crippen molar-refractivity contribution in [1.29, 1.82) is 0 Å². The van der Waals surface area contributed by atoms with Crippen LogP contribution in [0.3, 0.4) is 0 Å². The van der Waals surface area contributed by atoms with Crippen molar-refractivity contribution in [3.8, 4) is 11.5 Å². The minimum atomic E-state index is -0.758. The minimum Gasteiger partial charge on any atom is -0.493 e. The molecule has 1 fully saturated rings. The van der Waals surface area contributed by atoms with Crippen molar-refractivity contribution in [3.63, 3.8) is 0 Å². The standard InChI is InChI=1S/C28H26N8O6/c1-40-24-16-19(10-11-23(24)42-25(37)20-6-5-9-22(17-20)36(38)39)18-29-34-27-31-26(30-21-7-3-2-4-8-21)32-28(33-27)35-12-14-41-15-13-35/h2-11,16-18H,12-15H2,1H3,(H2,30,31,32,33,34). The summed E-state index contributed by atoms with van der Waals surface area (Å²) in [5, 5.41) is 18.5. The van der Waals surface area contributed by atoms with Crippen LogP contribution in [0.4, 0.5) is 29.2 Å². The molecule has 214 valence electrons. The van der Waals surface area contributed by atoms with Crippen LogP contribution >= 0.6 is 0 Å². The summed E-state index contributed by atoms with van der Waals surface area (Å²) in [6.45, 7) is 2.45. The SMILES string of the molecule is COc1cc(C=NNc2nc(Nc3ccccc3)nc(N3CCOCC3)n2)ccc1OC(=O)c1cccc([N+](=O)[O-])c1. The molecule has 0 aliphatic carbocycles. The number of nitrogens with zero attached hydrogens (tertiary/aromatic N) is 6. The van der Waals surface area contributed by atoms with Gasteiger partial charge in [0.2, 0.25) is 17.8 Å². The number of rotatable bonds is 10. The number of esters is 1. The molecule has 0 bridgehead atoms. The lowest BCUT2D eigenvalue weighted by molar-refractivity contribution is -0.384. The number of non-ortho nitro benzene ring substituents is 1. The molecule has 0 amide bonds. The Hall–Kier alpha value is -5.63. The van der Waals surface area contributed by atoms with E-state index in [-0.39, 0.29) is 28.7 Å². The van der Waals surface area contributed by atoms with Crippen LogP contribution in [-0.4, -0.2) is 65.5 Å². The van der Waals surface area contributed by atoms with Crippen LogP contribution in [0.25, 0.3) is 0 Å². The zero-order valence-electron chi connectivity index (χ0n) is 22.5. The highest BCUT2D eigenvalue weighted by molar-refractivity contribution is 5.92. The molecule has 0 radical (unpaired) electrons. The van der Waals surface area contributed by atoms with Gasteiger partial charge >= 0.3 is 5.97 Å². The number of hydrogen-bond donors (Lipinski definition) is 2. The van der Waals surface area contributed by atoms with E-state index in [2.05, 4.69) is 30.8 Å². The predicted octanol–water partition coefficient (Wildman–Crippen LogP) is 4.03. The lowest BCUT2D eigenvalue weighted by Crippen LogP contribution is -2.37. The van der Waals surface area contributed by atoms with Gasteiger partial charge in [-0.3, -0.25) is 10.1 Å². The summed E-state index contributed by atoms with van der Waals surface area (Å²) in [4.78, 5) is 38.6. The van der Waals surface area contributed by atoms with Gasteiger partial charge in [-0.25, -0.2) is 10.2 Å². The van der Waals surface area contributed by atoms with E-state index < -0.39 is 10.9 Å². The van der Waals surface area contributed by atoms with E-state index in [1.54, 1.807) is 12.1 Å². The summed E-state index contributed by atoms with van der Waals surface area (Å²) < 4.78 is 16.3. The molecule has 0 unspecified atom stereocenters. The molecule has 1 saturated heterocycles. The van der Waals surface area contributed by atoms with E-state index in [1.807, 2.05) is 35.2 Å². The summed E-state index contributed by atoms with van der Waals surface area (Å²) in [5.74, 6) is 0.722. The highest BCUT2D eigenvalue weighted by Crippen LogP contribution is 2.29. The number of benzene rings is 3. The summed E-state index contributed by atoms with van der Waals surface area (Å²) in [5.41, 5.74) is 4.12. The number of nitro groups is 1. The Bertz CT molecular complexity index is 1590. The quantitative estimate of drug-likeness (QED) is 0.0925. The first-order chi connectivity index (χ1) is 20.5. The van der Waals surface area contributed by atoms with Crippen molar-refractivity contribution in [1.82, 2.24) is 15.0 Å². The third-order valence-corrected chi connectivity index (χ3v) is 6.01. The van der Waals surface area contributed by atoms with E-state index in [0.717, 1.165) is 11.8 Å². The molecule has 1 aliphatic rings. The number of morpholine rings is 1. The van der Waals surface area contributed by atoms with Crippen molar-refractivity contribution in [2.24, 2.45) is 5.10 Å². The first-order valence-corrected chi connectivity index (χ1v) is 12.8. The molecule has 2 N–H and O–H groups in total. The van der Waals surface area contributed by atoms with E-state index >= 15 is 0 Å². The maximum absolute atomic E-state index is 12.6. The van der Waals surface area contributed by atoms with Gasteiger partial charge in [0.25, 0.3) is 5.69 Å². The number of hydrazone groups is 1. The van der Waals surface area contributed by atoms with Gasteiger partial charge in [0.05, 0.1) is 37.0 Å². The highest BCUT2D eigenvalue weighted by atomic mass is 16.6. The number of aromatic nitrogens is 3. The Morgan fingerprint density at radius 2 is 1.79 bits per heavy atom. The van der Waals surface area contributed by atoms with E-state index in [1.165, 1.54) is 37.6 Å². The second-order valence-electron chi connectivity index (χ2n) is 8.85. The van der Waals surface area contributed by atoms with Crippen LogP contribution in [0.2, 0.25) is 0 Å². The van der Waals surface area contributed by atoms with Crippen molar-refractivity contribution < 1.29 is 23.9 Å². The Morgan fingerprint density at radius 1 is 1.00 bits per heavy atom. The van der Waals surface area contributed by atoms with Crippen LogP contribution < -0.4 is 25.1 Å². The number of carbonyl (C=O) groups excluding carboxylic acids is 1. The third kappa shape index (κ3) is 7.11. The van der Waals surface area contributed by atoms with E-state index in [0.29, 0.717) is 43.8 Å². The average Bonchev–Trinajstić information content (AvgIpc) is 3.02. The molecule has 3 aromatic carbocycles. The largest absolute Gasteiger partial charge is 0.493 e. The summed E-state index contributed by atoms with van der Waals surface area (Å²) in [6.07, 6.45) is 1.52. The summed E-state index contributed by atoms with van der Waals surface area (Å²) >= 11 is 0. The maximum Gasteiger partial charge on any atom is 0.343 e. The molecular weight excluding hydrogens is 544 g/mol. The van der Waals surface area contributed by atoms with Crippen molar-refractivity contribution in [2.45, 2.75) is 0 Å². The van der Waals surface area contributed by atoms with Crippen LogP contribution in [0, 0.1) is 10.1 Å². The number of ether oxygens (including phenoxy) is 3. The number of anilines is 4. The monoisotopic (exact) mass is 570 g/mol. The average molecular weight is 571 g/mol. The lowest BCUT2D eigenvalue weighted by atomic mass is 10.2. The van der Waals surface area contributed by atoms with Gasteiger partial charge in [-0.05, 0) is 42.0 Å². The normalized spacial score (nSPS) is 13.0.